The maximum atomic E-state index is 5.60. The normalized spacial score (nSPS) is 12.8. The van der Waals surface area contributed by atoms with E-state index in [2.05, 4.69) is 47.3 Å². The Morgan fingerprint density at radius 2 is 2.06 bits per heavy atom. The summed E-state index contributed by atoms with van der Waals surface area (Å²) in [5.74, 6) is 0. The fourth-order valence-electron chi connectivity index (χ4n) is 1.55. The zero-order valence-electron chi connectivity index (χ0n) is 9.89. The van der Waals surface area contributed by atoms with Crippen molar-refractivity contribution in [2.24, 2.45) is 0 Å². The Morgan fingerprint density at radius 3 is 2.76 bits per heavy atom. The third-order valence-electron chi connectivity index (χ3n) is 2.49. The van der Waals surface area contributed by atoms with Gasteiger partial charge in [-0.1, -0.05) is 12.1 Å². The van der Waals surface area contributed by atoms with Crippen LogP contribution in [0.25, 0.3) is 0 Å². The van der Waals surface area contributed by atoms with E-state index in [0.29, 0.717) is 6.04 Å². The number of ether oxygens (including phenoxy) is 1. The van der Waals surface area contributed by atoms with Crippen LogP contribution in [0.5, 0.6) is 0 Å². The number of hydrogen-bond donors (Lipinski definition) is 1. The van der Waals surface area contributed by atoms with E-state index in [1.165, 1.54) is 9.75 Å². The van der Waals surface area contributed by atoms with Gasteiger partial charge in [0, 0.05) is 22.3 Å². The lowest BCUT2D eigenvalue weighted by atomic mass is 10.3. The summed E-state index contributed by atoms with van der Waals surface area (Å²) in [6.45, 7) is 4.57. The van der Waals surface area contributed by atoms with Crippen molar-refractivity contribution in [3.05, 3.63) is 44.8 Å². The van der Waals surface area contributed by atoms with Gasteiger partial charge in [0.25, 0.3) is 0 Å². The van der Waals surface area contributed by atoms with E-state index in [1.54, 1.807) is 22.7 Å². The summed E-state index contributed by atoms with van der Waals surface area (Å²) in [6, 6.07) is 8.83. The molecule has 4 heteroatoms. The first-order valence-corrected chi connectivity index (χ1v) is 7.49. The number of thiophene rings is 2. The lowest BCUT2D eigenvalue weighted by molar-refractivity contribution is 0.123. The van der Waals surface area contributed by atoms with Gasteiger partial charge in [0.1, 0.15) is 0 Å². The fourth-order valence-corrected chi connectivity index (χ4v) is 2.95. The second-order valence-electron chi connectivity index (χ2n) is 3.82. The van der Waals surface area contributed by atoms with Crippen molar-refractivity contribution >= 4 is 22.7 Å². The van der Waals surface area contributed by atoms with Gasteiger partial charge in [-0.15, -0.1) is 22.7 Å². The molecule has 2 rings (SSSR count). The van der Waals surface area contributed by atoms with Gasteiger partial charge in [0.2, 0.25) is 0 Å². The van der Waals surface area contributed by atoms with Gasteiger partial charge in [-0.05, 0) is 29.8 Å². The van der Waals surface area contributed by atoms with Gasteiger partial charge in [-0.2, -0.15) is 0 Å². The van der Waals surface area contributed by atoms with E-state index in [1.807, 2.05) is 0 Å². The average Bonchev–Trinajstić information content (AvgIpc) is 3.01. The summed E-state index contributed by atoms with van der Waals surface area (Å²) in [4.78, 5) is 2.67. The molecule has 2 aromatic rings. The number of rotatable bonds is 7. The maximum Gasteiger partial charge on any atom is 0.0809 e. The Hall–Kier alpha value is -0.680. The summed E-state index contributed by atoms with van der Waals surface area (Å²) in [6.07, 6.45) is 0. The van der Waals surface area contributed by atoms with Crippen LogP contribution in [-0.4, -0.2) is 13.2 Å². The molecule has 1 unspecified atom stereocenters. The van der Waals surface area contributed by atoms with Crippen LogP contribution in [0.1, 0.15) is 22.7 Å². The Balaban J connectivity index is 1.57. The molecule has 2 heterocycles. The first-order valence-electron chi connectivity index (χ1n) is 5.73. The highest BCUT2D eigenvalue weighted by Crippen LogP contribution is 2.17. The van der Waals surface area contributed by atoms with Crippen molar-refractivity contribution in [2.45, 2.75) is 19.6 Å². The largest absolute Gasteiger partial charge is 0.375 e. The Labute approximate surface area is 110 Å². The first-order chi connectivity index (χ1) is 8.36. The van der Waals surface area contributed by atoms with E-state index < -0.39 is 0 Å². The quantitative estimate of drug-likeness (QED) is 0.773. The summed E-state index contributed by atoms with van der Waals surface area (Å²) in [5.41, 5.74) is 0. The van der Waals surface area contributed by atoms with Crippen molar-refractivity contribution in [1.29, 1.82) is 0 Å². The maximum absolute atomic E-state index is 5.60. The molecule has 0 aliphatic carbocycles. The third-order valence-corrected chi connectivity index (χ3v) is 4.40. The SMILES string of the molecule is CC(NCCOCc1cccs1)c1cccs1. The third kappa shape index (κ3) is 4.24. The van der Waals surface area contributed by atoms with Crippen LogP contribution in [0.4, 0.5) is 0 Å². The molecule has 1 N–H and O–H groups in total. The fraction of sp³-hybridized carbons (Fsp3) is 0.385. The Morgan fingerprint density at radius 1 is 1.24 bits per heavy atom. The molecule has 0 spiro atoms. The predicted molar refractivity (Wildman–Crippen MR) is 74.7 cm³/mol. The molecule has 0 fully saturated rings. The lowest BCUT2D eigenvalue weighted by Crippen LogP contribution is -2.22. The lowest BCUT2D eigenvalue weighted by Gasteiger charge is -2.11. The van der Waals surface area contributed by atoms with E-state index >= 15 is 0 Å². The topological polar surface area (TPSA) is 21.3 Å². The molecule has 2 nitrogen and oxygen atoms in total. The predicted octanol–water partition coefficient (Wildman–Crippen LogP) is 3.68. The Bertz CT molecular complexity index is 397. The Kier molecular flexibility index (Phi) is 5.19. The summed E-state index contributed by atoms with van der Waals surface area (Å²) in [7, 11) is 0. The highest BCUT2D eigenvalue weighted by atomic mass is 32.1. The zero-order chi connectivity index (χ0) is 11.9. The van der Waals surface area contributed by atoms with Gasteiger partial charge in [0.05, 0.1) is 13.2 Å². The highest BCUT2D eigenvalue weighted by Gasteiger charge is 2.04. The van der Waals surface area contributed by atoms with Crippen LogP contribution >= 0.6 is 22.7 Å². The summed E-state index contributed by atoms with van der Waals surface area (Å²) >= 11 is 3.53. The molecule has 0 saturated heterocycles. The van der Waals surface area contributed by atoms with Crippen molar-refractivity contribution < 1.29 is 4.74 Å². The van der Waals surface area contributed by atoms with Crippen LogP contribution in [0.2, 0.25) is 0 Å². The molecule has 0 radical (unpaired) electrons. The highest BCUT2D eigenvalue weighted by molar-refractivity contribution is 7.10. The first kappa shape index (κ1) is 12.8. The number of hydrogen-bond acceptors (Lipinski definition) is 4. The van der Waals surface area contributed by atoms with Crippen LogP contribution in [0.15, 0.2) is 35.0 Å². The molecule has 0 aliphatic rings. The van der Waals surface area contributed by atoms with Crippen molar-refractivity contribution in [2.75, 3.05) is 13.2 Å². The average molecular weight is 267 g/mol. The summed E-state index contributed by atoms with van der Waals surface area (Å²) in [5, 5.41) is 7.65. The molecule has 0 aliphatic heterocycles. The molecule has 92 valence electrons. The van der Waals surface area contributed by atoms with Crippen molar-refractivity contribution in [1.82, 2.24) is 5.32 Å². The zero-order valence-corrected chi connectivity index (χ0v) is 11.5. The molecule has 0 amide bonds. The molecule has 1 atom stereocenters. The molecule has 2 aromatic heterocycles. The van der Waals surface area contributed by atoms with Crippen LogP contribution in [-0.2, 0) is 11.3 Å². The smallest absolute Gasteiger partial charge is 0.0809 e. The van der Waals surface area contributed by atoms with Crippen LogP contribution < -0.4 is 5.32 Å². The molecule has 0 aromatic carbocycles. The summed E-state index contributed by atoms with van der Waals surface area (Å²) < 4.78 is 5.60. The van der Waals surface area contributed by atoms with E-state index in [-0.39, 0.29) is 0 Å². The monoisotopic (exact) mass is 267 g/mol. The second kappa shape index (κ2) is 6.91. The molecule has 0 saturated carbocycles. The second-order valence-corrected chi connectivity index (χ2v) is 5.83. The van der Waals surface area contributed by atoms with Crippen molar-refractivity contribution in [3.63, 3.8) is 0 Å². The molecule has 0 bridgehead atoms. The van der Waals surface area contributed by atoms with Crippen LogP contribution in [0, 0.1) is 0 Å². The standard InChI is InChI=1S/C13H17NOS2/c1-11(13-5-3-9-17-13)14-6-7-15-10-12-4-2-8-16-12/h2-5,8-9,11,14H,6-7,10H2,1H3. The van der Waals surface area contributed by atoms with E-state index in [4.69, 9.17) is 4.74 Å². The van der Waals surface area contributed by atoms with Gasteiger partial charge in [-0.3, -0.25) is 0 Å². The van der Waals surface area contributed by atoms with E-state index in [0.717, 1.165) is 19.8 Å². The van der Waals surface area contributed by atoms with Gasteiger partial charge in [0.15, 0.2) is 0 Å². The van der Waals surface area contributed by atoms with Gasteiger partial charge in [-0.25, -0.2) is 0 Å². The van der Waals surface area contributed by atoms with E-state index in [9.17, 15) is 0 Å². The minimum Gasteiger partial charge on any atom is -0.375 e. The molecule has 17 heavy (non-hydrogen) atoms. The minimum atomic E-state index is 0.417. The number of nitrogens with one attached hydrogen (secondary N) is 1. The molecular weight excluding hydrogens is 250 g/mol. The van der Waals surface area contributed by atoms with Gasteiger partial charge >= 0.3 is 0 Å². The molecular formula is C13H17NOS2. The van der Waals surface area contributed by atoms with Crippen molar-refractivity contribution in [3.8, 4) is 0 Å². The minimum absolute atomic E-state index is 0.417. The van der Waals surface area contributed by atoms with Gasteiger partial charge < -0.3 is 10.1 Å². The van der Waals surface area contributed by atoms with Crippen LogP contribution in [0.3, 0.4) is 0 Å².